The lowest BCUT2D eigenvalue weighted by Gasteiger charge is -2.34. The summed E-state index contributed by atoms with van der Waals surface area (Å²) in [6, 6.07) is 9.90. The first-order chi connectivity index (χ1) is 12.1. The summed E-state index contributed by atoms with van der Waals surface area (Å²) in [6.07, 6.45) is 0. The minimum absolute atomic E-state index is 0.0755. The minimum atomic E-state index is -0.501. The van der Waals surface area contributed by atoms with Gasteiger partial charge in [-0.05, 0) is 17.5 Å². The number of morpholine rings is 1. The maximum Gasteiger partial charge on any atom is 0.270 e. The van der Waals surface area contributed by atoms with Gasteiger partial charge in [-0.15, -0.1) is 11.3 Å². The van der Waals surface area contributed by atoms with Crippen LogP contribution in [-0.2, 0) is 4.74 Å². The molecule has 3 rings (SSSR count). The van der Waals surface area contributed by atoms with Crippen LogP contribution in [0.4, 0.5) is 5.69 Å². The molecule has 0 bridgehead atoms. The molecular weight excluding hydrogens is 342 g/mol. The predicted molar refractivity (Wildman–Crippen MR) is 94.9 cm³/mol. The molecule has 132 valence electrons. The number of non-ortho nitro benzene ring substituents is 1. The molecule has 7 nitrogen and oxygen atoms in total. The number of carbonyl (C=O) groups is 1. The molecule has 0 spiro atoms. The van der Waals surface area contributed by atoms with E-state index in [0.717, 1.165) is 13.1 Å². The molecule has 1 saturated heterocycles. The number of carbonyl (C=O) groups excluding carboxylic acids is 1. The molecule has 0 aliphatic carbocycles. The van der Waals surface area contributed by atoms with E-state index in [9.17, 15) is 14.9 Å². The fourth-order valence-corrected chi connectivity index (χ4v) is 3.69. The number of benzene rings is 1. The van der Waals surface area contributed by atoms with E-state index in [1.807, 2.05) is 11.4 Å². The molecule has 25 heavy (non-hydrogen) atoms. The summed E-state index contributed by atoms with van der Waals surface area (Å²) in [6.45, 7) is 3.44. The van der Waals surface area contributed by atoms with Gasteiger partial charge in [-0.1, -0.05) is 12.1 Å². The van der Waals surface area contributed by atoms with Crippen LogP contribution in [0.2, 0.25) is 0 Å². The lowest BCUT2D eigenvalue weighted by atomic mass is 10.1. The van der Waals surface area contributed by atoms with E-state index in [1.165, 1.54) is 23.1 Å². The van der Waals surface area contributed by atoms with Crippen LogP contribution in [0.1, 0.15) is 21.3 Å². The largest absolute Gasteiger partial charge is 0.379 e. The number of hydrogen-bond donors (Lipinski definition) is 1. The Morgan fingerprint density at radius 1 is 1.32 bits per heavy atom. The zero-order chi connectivity index (χ0) is 17.6. The van der Waals surface area contributed by atoms with Crippen molar-refractivity contribution in [2.45, 2.75) is 6.04 Å². The van der Waals surface area contributed by atoms with E-state index >= 15 is 0 Å². The average molecular weight is 361 g/mol. The Labute approximate surface area is 149 Å². The van der Waals surface area contributed by atoms with Crippen molar-refractivity contribution in [1.82, 2.24) is 10.2 Å². The zero-order valence-electron chi connectivity index (χ0n) is 13.6. The molecule has 1 atom stereocenters. The number of hydrogen-bond acceptors (Lipinski definition) is 6. The van der Waals surface area contributed by atoms with Crippen molar-refractivity contribution in [2.24, 2.45) is 0 Å². The molecule has 1 aromatic carbocycles. The van der Waals surface area contributed by atoms with Crippen LogP contribution >= 0.6 is 11.3 Å². The molecule has 0 saturated carbocycles. The average Bonchev–Trinajstić information content (AvgIpc) is 3.17. The van der Waals surface area contributed by atoms with Gasteiger partial charge in [0.1, 0.15) is 0 Å². The maximum absolute atomic E-state index is 12.4. The van der Waals surface area contributed by atoms with Crippen LogP contribution in [0, 0.1) is 10.1 Å². The van der Waals surface area contributed by atoms with E-state index in [-0.39, 0.29) is 17.6 Å². The van der Waals surface area contributed by atoms with Crippen molar-refractivity contribution in [3.63, 3.8) is 0 Å². The number of thiophene rings is 1. The number of ether oxygens (including phenoxy) is 1. The number of rotatable bonds is 6. The Hall–Kier alpha value is -2.29. The van der Waals surface area contributed by atoms with Crippen molar-refractivity contribution in [3.8, 4) is 0 Å². The van der Waals surface area contributed by atoms with E-state index in [4.69, 9.17) is 4.74 Å². The lowest BCUT2D eigenvalue weighted by Crippen LogP contribution is -2.43. The van der Waals surface area contributed by atoms with Crippen molar-refractivity contribution < 1.29 is 14.5 Å². The van der Waals surface area contributed by atoms with Crippen LogP contribution in [0.15, 0.2) is 41.8 Å². The Kier molecular flexibility index (Phi) is 5.75. The molecular formula is C17H19N3O4S. The van der Waals surface area contributed by atoms with Crippen LogP contribution in [0.5, 0.6) is 0 Å². The normalized spacial score (nSPS) is 16.3. The van der Waals surface area contributed by atoms with Gasteiger partial charge in [0.2, 0.25) is 0 Å². The highest BCUT2D eigenvalue weighted by Crippen LogP contribution is 2.25. The number of nitrogens with zero attached hydrogens (tertiary/aromatic N) is 2. The molecule has 1 aliphatic heterocycles. The van der Waals surface area contributed by atoms with Crippen LogP contribution in [0.3, 0.4) is 0 Å². The SMILES string of the molecule is O=C(NC[C@H](c1cccs1)N1CCOCC1)c1cccc([N+](=O)[O-])c1. The standard InChI is InChI=1S/C17H19N3O4S/c21-17(13-3-1-4-14(11-13)20(22)23)18-12-15(16-5-2-10-25-16)19-6-8-24-9-7-19/h1-5,10-11,15H,6-9,12H2,(H,18,21)/t15-/m1/s1. The summed E-state index contributed by atoms with van der Waals surface area (Å²) >= 11 is 1.66. The highest BCUT2D eigenvalue weighted by atomic mass is 32.1. The second-order valence-electron chi connectivity index (χ2n) is 5.70. The summed E-state index contributed by atoms with van der Waals surface area (Å²) in [4.78, 5) is 26.2. The van der Waals surface area contributed by atoms with Crippen molar-refractivity contribution in [3.05, 3.63) is 62.3 Å². The van der Waals surface area contributed by atoms with Gasteiger partial charge in [0, 0.05) is 42.2 Å². The third-order valence-electron chi connectivity index (χ3n) is 4.13. The first-order valence-electron chi connectivity index (χ1n) is 8.03. The quantitative estimate of drug-likeness (QED) is 0.631. The summed E-state index contributed by atoms with van der Waals surface area (Å²) in [5.41, 5.74) is 0.205. The molecule has 1 aromatic heterocycles. The highest BCUT2D eigenvalue weighted by Gasteiger charge is 2.24. The maximum atomic E-state index is 12.4. The predicted octanol–water partition coefficient (Wildman–Crippen LogP) is 2.46. The third kappa shape index (κ3) is 4.41. The molecule has 1 aliphatic rings. The number of nitrogens with one attached hydrogen (secondary N) is 1. The van der Waals surface area contributed by atoms with Crippen LogP contribution < -0.4 is 5.32 Å². The monoisotopic (exact) mass is 361 g/mol. The second kappa shape index (κ2) is 8.19. The van der Waals surface area contributed by atoms with Crippen LogP contribution in [0.25, 0.3) is 0 Å². The summed E-state index contributed by atoms with van der Waals surface area (Å²) in [7, 11) is 0. The van der Waals surface area contributed by atoms with Crippen molar-refractivity contribution >= 4 is 22.9 Å². The summed E-state index contributed by atoms with van der Waals surface area (Å²) in [5.74, 6) is -0.307. The topological polar surface area (TPSA) is 84.7 Å². The first-order valence-corrected chi connectivity index (χ1v) is 8.91. The van der Waals surface area contributed by atoms with Gasteiger partial charge in [0.05, 0.1) is 24.2 Å². The molecule has 8 heteroatoms. The molecule has 1 amide bonds. The van der Waals surface area contributed by atoms with Gasteiger partial charge in [-0.25, -0.2) is 0 Å². The zero-order valence-corrected chi connectivity index (χ0v) is 14.4. The van der Waals surface area contributed by atoms with Gasteiger partial charge < -0.3 is 10.1 Å². The Balaban J connectivity index is 1.69. The van der Waals surface area contributed by atoms with Gasteiger partial charge in [-0.2, -0.15) is 0 Å². The van der Waals surface area contributed by atoms with Crippen molar-refractivity contribution in [2.75, 3.05) is 32.8 Å². The van der Waals surface area contributed by atoms with E-state index in [1.54, 1.807) is 17.4 Å². The van der Waals surface area contributed by atoms with Gasteiger partial charge >= 0.3 is 0 Å². The smallest absolute Gasteiger partial charge is 0.270 e. The number of amides is 1. The molecule has 1 N–H and O–H groups in total. The summed E-state index contributed by atoms with van der Waals surface area (Å²) < 4.78 is 5.41. The van der Waals surface area contributed by atoms with E-state index in [2.05, 4.69) is 16.3 Å². The summed E-state index contributed by atoms with van der Waals surface area (Å²) in [5, 5.41) is 15.8. The molecule has 2 heterocycles. The van der Waals surface area contributed by atoms with E-state index < -0.39 is 4.92 Å². The Morgan fingerprint density at radius 3 is 2.80 bits per heavy atom. The fraction of sp³-hybridized carbons (Fsp3) is 0.353. The number of nitro benzene ring substituents is 1. The minimum Gasteiger partial charge on any atom is -0.379 e. The van der Waals surface area contributed by atoms with E-state index in [0.29, 0.717) is 25.3 Å². The van der Waals surface area contributed by atoms with Gasteiger partial charge in [0.25, 0.3) is 11.6 Å². The highest BCUT2D eigenvalue weighted by molar-refractivity contribution is 7.10. The Bertz CT molecular complexity index is 729. The molecule has 0 radical (unpaired) electrons. The fourth-order valence-electron chi connectivity index (χ4n) is 2.83. The van der Waals surface area contributed by atoms with Gasteiger partial charge in [-0.3, -0.25) is 19.8 Å². The molecule has 1 fully saturated rings. The number of nitro groups is 1. The van der Waals surface area contributed by atoms with Gasteiger partial charge in [0.15, 0.2) is 0 Å². The molecule has 2 aromatic rings. The molecule has 0 unspecified atom stereocenters. The third-order valence-corrected chi connectivity index (χ3v) is 5.11. The lowest BCUT2D eigenvalue weighted by molar-refractivity contribution is -0.384. The first kappa shape index (κ1) is 17.5. The van der Waals surface area contributed by atoms with Crippen LogP contribution in [-0.4, -0.2) is 48.6 Å². The van der Waals surface area contributed by atoms with Crippen molar-refractivity contribution in [1.29, 1.82) is 0 Å². The second-order valence-corrected chi connectivity index (χ2v) is 6.68. The Morgan fingerprint density at radius 2 is 2.12 bits per heavy atom.